The summed E-state index contributed by atoms with van der Waals surface area (Å²) in [5.41, 5.74) is 4.39. The summed E-state index contributed by atoms with van der Waals surface area (Å²) in [6, 6.07) is 19.5. The van der Waals surface area contributed by atoms with Crippen molar-refractivity contribution in [2.45, 2.75) is 0 Å². The monoisotopic (exact) mass is 286 g/mol. The highest BCUT2D eigenvalue weighted by Crippen LogP contribution is 2.31. The summed E-state index contributed by atoms with van der Waals surface area (Å²) in [6.07, 6.45) is 1.71. The first kappa shape index (κ1) is 13.8. The fraction of sp³-hybridized carbons (Fsp3) is 0.0526. The highest BCUT2D eigenvalue weighted by molar-refractivity contribution is 5.77. The Bertz CT molecular complexity index is 836. The van der Waals surface area contributed by atoms with Gasteiger partial charge in [0.05, 0.1) is 19.4 Å². The third-order valence-electron chi connectivity index (χ3n) is 3.42. The van der Waals surface area contributed by atoms with Crippen LogP contribution in [0.2, 0.25) is 0 Å². The molecule has 0 aliphatic rings. The van der Waals surface area contributed by atoms with Crippen LogP contribution < -0.4 is 4.74 Å². The van der Waals surface area contributed by atoms with Crippen molar-refractivity contribution in [1.29, 1.82) is 0 Å². The highest BCUT2D eigenvalue weighted by atomic mass is 16.5. The van der Waals surface area contributed by atoms with Gasteiger partial charge in [-0.3, -0.25) is 4.98 Å². The van der Waals surface area contributed by atoms with Gasteiger partial charge in [0.25, 0.3) is 0 Å². The molecular formula is C19H14N2O. The lowest BCUT2D eigenvalue weighted by Crippen LogP contribution is -1.88. The summed E-state index contributed by atoms with van der Waals surface area (Å²) in [6.45, 7) is 7.32. The third-order valence-corrected chi connectivity index (χ3v) is 3.42. The van der Waals surface area contributed by atoms with Crippen LogP contribution in [0.25, 0.3) is 27.2 Å². The topological polar surface area (TPSA) is 26.5 Å². The fourth-order valence-corrected chi connectivity index (χ4v) is 2.32. The molecule has 3 rings (SSSR count). The summed E-state index contributed by atoms with van der Waals surface area (Å²) < 4.78 is 5.25. The van der Waals surface area contributed by atoms with E-state index in [-0.39, 0.29) is 0 Å². The molecule has 106 valence electrons. The summed E-state index contributed by atoms with van der Waals surface area (Å²) in [5.74, 6) is 0.750. The maximum absolute atomic E-state index is 7.32. The fourth-order valence-electron chi connectivity index (χ4n) is 2.32. The molecule has 0 spiro atoms. The zero-order chi connectivity index (χ0) is 15.4. The highest BCUT2D eigenvalue weighted by Gasteiger charge is 2.07. The van der Waals surface area contributed by atoms with Crippen molar-refractivity contribution in [2.24, 2.45) is 0 Å². The maximum Gasteiger partial charge on any atom is 0.188 e. The Hall–Kier alpha value is -3.12. The van der Waals surface area contributed by atoms with Crippen molar-refractivity contribution in [3.63, 3.8) is 0 Å². The summed E-state index contributed by atoms with van der Waals surface area (Å²) in [5, 5.41) is 0. The second-order valence-corrected chi connectivity index (χ2v) is 4.83. The van der Waals surface area contributed by atoms with Gasteiger partial charge < -0.3 is 4.74 Å². The molecule has 0 bridgehead atoms. The number of rotatable bonds is 3. The lowest BCUT2D eigenvalue weighted by molar-refractivity contribution is 0.414. The van der Waals surface area contributed by atoms with Crippen LogP contribution >= 0.6 is 0 Å². The molecule has 0 atom stereocenters. The molecule has 3 nitrogen and oxygen atoms in total. The maximum atomic E-state index is 7.32. The molecule has 2 aromatic carbocycles. The van der Waals surface area contributed by atoms with Gasteiger partial charge in [-0.1, -0.05) is 30.3 Å². The first-order valence-electron chi connectivity index (χ1n) is 6.88. The molecule has 0 saturated heterocycles. The van der Waals surface area contributed by atoms with Gasteiger partial charge in [-0.05, 0) is 41.0 Å². The van der Waals surface area contributed by atoms with Crippen molar-refractivity contribution >= 4 is 5.69 Å². The predicted molar refractivity (Wildman–Crippen MR) is 87.9 cm³/mol. The molecule has 0 aliphatic carbocycles. The number of benzene rings is 2. The zero-order valence-corrected chi connectivity index (χ0v) is 12.2. The summed E-state index contributed by atoms with van der Waals surface area (Å²) in [4.78, 5) is 7.96. The van der Waals surface area contributed by atoms with E-state index in [4.69, 9.17) is 11.3 Å². The molecule has 0 amide bonds. The van der Waals surface area contributed by atoms with E-state index in [1.54, 1.807) is 19.4 Å². The lowest BCUT2D eigenvalue weighted by atomic mass is 10.0. The Morgan fingerprint density at radius 3 is 2.41 bits per heavy atom. The molecule has 0 saturated carbocycles. The van der Waals surface area contributed by atoms with Gasteiger partial charge in [0, 0.05) is 12.3 Å². The van der Waals surface area contributed by atoms with Crippen LogP contribution in [0.15, 0.2) is 66.9 Å². The zero-order valence-electron chi connectivity index (χ0n) is 12.2. The Kier molecular flexibility index (Phi) is 3.84. The van der Waals surface area contributed by atoms with E-state index in [9.17, 15) is 0 Å². The minimum Gasteiger partial charge on any atom is -0.497 e. The van der Waals surface area contributed by atoms with Crippen LogP contribution in [-0.2, 0) is 0 Å². The molecule has 0 N–H and O–H groups in total. The smallest absolute Gasteiger partial charge is 0.188 e. The Balaban J connectivity index is 2.14. The quantitative estimate of drug-likeness (QED) is 0.635. The SMILES string of the molecule is [C-]#[N+]c1cc(-c2ccccc2)cc(-c2cc(OC)ccn2)c1. The van der Waals surface area contributed by atoms with Gasteiger partial charge in [0.1, 0.15) is 5.75 Å². The first-order valence-corrected chi connectivity index (χ1v) is 6.88. The Morgan fingerprint density at radius 1 is 0.909 bits per heavy atom. The van der Waals surface area contributed by atoms with Crippen molar-refractivity contribution in [1.82, 2.24) is 4.98 Å². The second-order valence-electron chi connectivity index (χ2n) is 4.83. The number of aromatic nitrogens is 1. The number of nitrogens with zero attached hydrogens (tertiary/aromatic N) is 2. The number of methoxy groups -OCH3 is 1. The van der Waals surface area contributed by atoms with E-state index >= 15 is 0 Å². The van der Waals surface area contributed by atoms with Gasteiger partial charge in [0.15, 0.2) is 5.69 Å². The normalized spacial score (nSPS) is 10.0. The average molecular weight is 286 g/mol. The van der Waals surface area contributed by atoms with Gasteiger partial charge >= 0.3 is 0 Å². The third kappa shape index (κ3) is 2.82. The van der Waals surface area contributed by atoms with Crippen molar-refractivity contribution in [3.8, 4) is 28.1 Å². The van der Waals surface area contributed by atoms with Crippen molar-refractivity contribution in [3.05, 3.63) is 78.3 Å². The molecule has 1 aromatic heterocycles. The van der Waals surface area contributed by atoms with E-state index in [1.807, 2.05) is 54.6 Å². The number of hydrogen-bond acceptors (Lipinski definition) is 2. The van der Waals surface area contributed by atoms with Crippen molar-refractivity contribution < 1.29 is 4.74 Å². The van der Waals surface area contributed by atoms with Crippen LogP contribution in [0.5, 0.6) is 5.75 Å². The molecule has 0 unspecified atom stereocenters. The standard InChI is InChI=1S/C19H14N2O/c1-20-17-11-15(14-6-4-3-5-7-14)10-16(12-17)19-13-18(22-2)8-9-21-19/h3-13H,2H3. The van der Waals surface area contributed by atoms with E-state index in [1.165, 1.54) is 0 Å². The molecule has 0 radical (unpaired) electrons. The first-order chi connectivity index (χ1) is 10.8. The van der Waals surface area contributed by atoms with E-state index < -0.39 is 0 Å². The minimum atomic E-state index is 0.598. The van der Waals surface area contributed by atoms with Crippen LogP contribution in [-0.4, -0.2) is 12.1 Å². The van der Waals surface area contributed by atoms with Gasteiger partial charge in [-0.15, -0.1) is 0 Å². The largest absolute Gasteiger partial charge is 0.497 e. The second kappa shape index (κ2) is 6.11. The minimum absolute atomic E-state index is 0.598. The molecule has 22 heavy (non-hydrogen) atoms. The van der Waals surface area contributed by atoms with E-state index in [0.717, 1.165) is 28.1 Å². The molecular weight excluding hydrogens is 272 g/mol. The molecule has 1 heterocycles. The number of hydrogen-bond donors (Lipinski definition) is 0. The number of ether oxygens (including phenoxy) is 1. The van der Waals surface area contributed by atoms with E-state index in [0.29, 0.717) is 5.69 Å². The molecule has 0 aliphatic heterocycles. The molecule has 3 heteroatoms. The van der Waals surface area contributed by atoms with E-state index in [2.05, 4.69) is 9.83 Å². The summed E-state index contributed by atoms with van der Waals surface area (Å²) in [7, 11) is 1.63. The van der Waals surface area contributed by atoms with Crippen LogP contribution in [0, 0.1) is 6.57 Å². The van der Waals surface area contributed by atoms with Gasteiger partial charge in [-0.25, -0.2) is 4.85 Å². The summed E-state index contributed by atoms with van der Waals surface area (Å²) >= 11 is 0. The van der Waals surface area contributed by atoms with Crippen LogP contribution in [0.1, 0.15) is 0 Å². The van der Waals surface area contributed by atoms with Crippen LogP contribution in [0.3, 0.4) is 0 Å². The van der Waals surface area contributed by atoms with Crippen molar-refractivity contribution in [2.75, 3.05) is 7.11 Å². The van der Waals surface area contributed by atoms with Crippen LogP contribution in [0.4, 0.5) is 5.69 Å². The Morgan fingerprint density at radius 2 is 1.68 bits per heavy atom. The molecule has 0 fully saturated rings. The molecule has 3 aromatic rings. The van der Waals surface area contributed by atoms with Gasteiger partial charge in [-0.2, -0.15) is 0 Å². The number of pyridine rings is 1. The van der Waals surface area contributed by atoms with Gasteiger partial charge in [0.2, 0.25) is 0 Å². The average Bonchev–Trinajstić information content (AvgIpc) is 2.62. The predicted octanol–water partition coefficient (Wildman–Crippen LogP) is 4.97. The lowest BCUT2D eigenvalue weighted by Gasteiger charge is -2.08. The Labute approximate surface area is 129 Å².